The van der Waals surface area contributed by atoms with E-state index in [2.05, 4.69) is 15.4 Å². The number of hydrogen-bond donors (Lipinski definition) is 3. The van der Waals surface area contributed by atoms with Gasteiger partial charge in [0, 0.05) is 12.1 Å². The van der Waals surface area contributed by atoms with Gasteiger partial charge in [-0.05, 0) is 32.1 Å². The highest BCUT2D eigenvalue weighted by Gasteiger charge is 2.18. The number of anilines is 1. The summed E-state index contributed by atoms with van der Waals surface area (Å²) < 4.78 is 35.6. The molecule has 0 bridgehead atoms. The van der Waals surface area contributed by atoms with Crippen molar-refractivity contribution < 1.29 is 22.7 Å². The van der Waals surface area contributed by atoms with Crippen molar-refractivity contribution in [1.29, 1.82) is 0 Å². The number of carbonyl (C=O) groups excluding carboxylic acids is 1. The van der Waals surface area contributed by atoms with Gasteiger partial charge in [-0.15, -0.1) is 12.4 Å². The highest BCUT2D eigenvalue weighted by molar-refractivity contribution is 7.92. The molecule has 0 heterocycles. The third-order valence-electron chi connectivity index (χ3n) is 2.93. The van der Waals surface area contributed by atoms with E-state index in [9.17, 15) is 13.2 Å². The first kappa shape index (κ1) is 22.3. The van der Waals surface area contributed by atoms with Crippen LogP contribution >= 0.6 is 12.4 Å². The number of rotatable bonds is 9. The molecule has 0 aliphatic heterocycles. The molecule has 0 fully saturated rings. The summed E-state index contributed by atoms with van der Waals surface area (Å²) in [5.74, 6) is 0.157. The highest BCUT2D eigenvalue weighted by atomic mass is 35.5. The van der Waals surface area contributed by atoms with E-state index in [1.807, 2.05) is 7.05 Å². The lowest BCUT2D eigenvalue weighted by Gasteiger charge is -2.15. The van der Waals surface area contributed by atoms with Gasteiger partial charge < -0.3 is 20.1 Å². The van der Waals surface area contributed by atoms with Gasteiger partial charge in [0.1, 0.15) is 0 Å². The van der Waals surface area contributed by atoms with Gasteiger partial charge in [0.05, 0.1) is 26.2 Å². The van der Waals surface area contributed by atoms with E-state index in [-0.39, 0.29) is 41.1 Å². The van der Waals surface area contributed by atoms with E-state index in [0.717, 1.165) is 19.2 Å². The Labute approximate surface area is 148 Å². The first-order valence-corrected chi connectivity index (χ1v) is 8.88. The third kappa shape index (κ3) is 6.81. The molecule has 0 unspecified atom stereocenters. The van der Waals surface area contributed by atoms with E-state index in [1.54, 1.807) is 0 Å². The molecule has 24 heavy (non-hydrogen) atoms. The van der Waals surface area contributed by atoms with Crippen molar-refractivity contribution in [3.63, 3.8) is 0 Å². The quantitative estimate of drug-likeness (QED) is 0.547. The Morgan fingerprint density at radius 3 is 2.33 bits per heavy atom. The molecule has 0 aromatic heterocycles. The summed E-state index contributed by atoms with van der Waals surface area (Å²) in [5.41, 5.74) is 0.424. The molecule has 1 amide bonds. The maximum absolute atomic E-state index is 12.2. The molecule has 0 radical (unpaired) electrons. The van der Waals surface area contributed by atoms with Gasteiger partial charge in [-0.3, -0.25) is 9.52 Å². The normalized spacial score (nSPS) is 10.5. The first-order valence-electron chi connectivity index (χ1n) is 6.99. The largest absolute Gasteiger partial charge is 0.493 e. The maximum Gasteiger partial charge on any atom is 0.251 e. The fourth-order valence-corrected chi connectivity index (χ4v) is 2.49. The van der Waals surface area contributed by atoms with Crippen LogP contribution in [0.4, 0.5) is 5.69 Å². The summed E-state index contributed by atoms with van der Waals surface area (Å²) in [6.07, 6.45) is 1.80. The summed E-state index contributed by atoms with van der Waals surface area (Å²) in [4.78, 5) is 12.2. The van der Waals surface area contributed by atoms with Crippen LogP contribution in [0.2, 0.25) is 0 Å². The van der Waals surface area contributed by atoms with Crippen molar-refractivity contribution in [3.8, 4) is 11.5 Å². The lowest BCUT2D eigenvalue weighted by Crippen LogP contribution is -2.26. The van der Waals surface area contributed by atoms with E-state index in [0.29, 0.717) is 6.54 Å². The fraction of sp³-hybridized carbons (Fsp3) is 0.500. The Kier molecular flexibility index (Phi) is 9.49. The summed E-state index contributed by atoms with van der Waals surface area (Å²) in [5, 5.41) is 5.74. The molecule has 0 aliphatic rings. The number of ether oxygens (including phenoxy) is 2. The number of amides is 1. The SMILES string of the molecule is CNCCCNC(=O)c1cc(NS(C)(=O)=O)c(OC)c(OC)c1.Cl. The zero-order valence-corrected chi connectivity index (χ0v) is 15.8. The van der Waals surface area contributed by atoms with Gasteiger partial charge in [0.25, 0.3) is 5.91 Å². The fourth-order valence-electron chi connectivity index (χ4n) is 1.94. The lowest BCUT2D eigenvalue weighted by molar-refractivity contribution is 0.0953. The molecule has 0 saturated carbocycles. The van der Waals surface area contributed by atoms with Crippen LogP contribution in [0.1, 0.15) is 16.8 Å². The molecule has 138 valence electrons. The number of methoxy groups -OCH3 is 2. The van der Waals surface area contributed by atoms with Gasteiger partial charge in [0.2, 0.25) is 10.0 Å². The van der Waals surface area contributed by atoms with Crippen LogP contribution in [0.15, 0.2) is 12.1 Å². The second-order valence-corrected chi connectivity index (χ2v) is 6.60. The number of halogens is 1. The number of hydrogen-bond acceptors (Lipinski definition) is 6. The van der Waals surface area contributed by atoms with Gasteiger partial charge in [0.15, 0.2) is 11.5 Å². The van der Waals surface area contributed by atoms with Crippen LogP contribution in [-0.4, -0.2) is 54.9 Å². The molecular weight excluding hydrogens is 358 g/mol. The molecule has 0 aliphatic carbocycles. The van der Waals surface area contributed by atoms with Crippen molar-refractivity contribution >= 4 is 34.0 Å². The predicted octanol–water partition coefficient (Wildman–Crippen LogP) is 0.836. The van der Waals surface area contributed by atoms with Crippen molar-refractivity contribution in [2.75, 3.05) is 45.3 Å². The smallest absolute Gasteiger partial charge is 0.251 e. The average molecular weight is 382 g/mol. The van der Waals surface area contributed by atoms with Crippen LogP contribution < -0.4 is 24.8 Å². The van der Waals surface area contributed by atoms with Gasteiger partial charge >= 0.3 is 0 Å². The topological polar surface area (TPSA) is 106 Å². The van der Waals surface area contributed by atoms with E-state index in [1.165, 1.54) is 26.4 Å². The van der Waals surface area contributed by atoms with E-state index < -0.39 is 10.0 Å². The van der Waals surface area contributed by atoms with Crippen molar-refractivity contribution in [2.24, 2.45) is 0 Å². The van der Waals surface area contributed by atoms with Crippen LogP contribution in [0.5, 0.6) is 11.5 Å². The number of sulfonamides is 1. The average Bonchev–Trinajstić information content (AvgIpc) is 2.48. The van der Waals surface area contributed by atoms with Crippen molar-refractivity contribution in [1.82, 2.24) is 10.6 Å². The molecule has 10 heteroatoms. The number of carbonyl (C=O) groups is 1. The van der Waals surface area contributed by atoms with E-state index in [4.69, 9.17) is 9.47 Å². The Bertz CT molecular complexity index is 652. The Morgan fingerprint density at radius 2 is 1.83 bits per heavy atom. The summed E-state index contributed by atoms with van der Waals surface area (Å²) >= 11 is 0. The Morgan fingerprint density at radius 1 is 1.17 bits per heavy atom. The second kappa shape index (κ2) is 10.2. The lowest BCUT2D eigenvalue weighted by atomic mass is 10.1. The number of nitrogens with one attached hydrogen (secondary N) is 3. The predicted molar refractivity (Wildman–Crippen MR) is 96.1 cm³/mol. The molecule has 1 aromatic rings. The monoisotopic (exact) mass is 381 g/mol. The zero-order valence-electron chi connectivity index (χ0n) is 14.1. The highest BCUT2D eigenvalue weighted by Crippen LogP contribution is 2.37. The molecule has 1 rings (SSSR count). The molecule has 8 nitrogen and oxygen atoms in total. The molecule has 0 spiro atoms. The summed E-state index contributed by atoms with van der Waals surface area (Å²) in [6, 6.07) is 2.91. The molecule has 3 N–H and O–H groups in total. The van der Waals surface area contributed by atoms with Gasteiger partial charge in [-0.2, -0.15) is 0 Å². The zero-order chi connectivity index (χ0) is 17.5. The number of benzene rings is 1. The molecule has 0 saturated heterocycles. The van der Waals surface area contributed by atoms with Crippen molar-refractivity contribution in [2.45, 2.75) is 6.42 Å². The minimum absolute atomic E-state index is 0. The summed E-state index contributed by atoms with van der Waals surface area (Å²) in [7, 11) is 1.11. The summed E-state index contributed by atoms with van der Waals surface area (Å²) in [6.45, 7) is 1.29. The minimum atomic E-state index is -3.53. The molecule has 1 aromatic carbocycles. The minimum Gasteiger partial charge on any atom is -0.493 e. The van der Waals surface area contributed by atoms with Crippen molar-refractivity contribution in [3.05, 3.63) is 17.7 Å². The molecular formula is C14H24ClN3O5S. The van der Waals surface area contributed by atoms with Crippen LogP contribution in [0.25, 0.3) is 0 Å². The van der Waals surface area contributed by atoms with E-state index >= 15 is 0 Å². The Balaban J connectivity index is 0.00000529. The van der Waals surface area contributed by atoms with Crippen LogP contribution in [0.3, 0.4) is 0 Å². The maximum atomic E-state index is 12.2. The van der Waals surface area contributed by atoms with Gasteiger partial charge in [-0.1, -0.05) is 0 Å². The first-order chi connectivity index (χ1) is 10.8. The van der Waals surface area contributed by atoms with Gasteiger partial charge in [-0.25, -0.2) is 8.42 Å². The Hall–Kier alpha value is -1.71. The van der Waals surface area contributed by atoms with Crippen LogP contribution in [0, 0.1) is 0 Å². The third-order valence-corrected chi connectivity index (χ3v) is 3.52. The second-order valence-electron chi connectivity index (χ2n) is 4.85. The molecule has 0 atom stereocenters. The van der Waals surface area contributed by atoms with Crippen LogP contribution in [-0.2, 0) is 10.0 Å². The standard InChI is InChI=1S/C14H23N3O5S.ClH/c1-15-6-5-7-16-14(18)10-8-11(17-23(4,19)20)13(22-3)12(9-10)21-2;/h8-9,15,17H,5-7H2,1-4H3,(H,16,18);1H.